The van der Waals surface area contributed by atoms with E-state index in [0.29, 0.717) is 12.4 Å². The lowest BCUT2D eigenvalue weighted by Crippen LogP contribution is -2.39. The number of rotatable bonds is 6. The van der Waals surface area contributed by atoms with Crippen molar-refractivity contribution in [2.24, 2.45) is 0 Å². The van der Waals surface area contributed by atoms with Gasteiger partial charge in [-0.15, -0.1) is 0 Å². The second-order valence-corrected chi connectivity index (χ2v) is 5.34. The van der Waals surface area contributed by atoms with Crippen LogP contribution in [0.25, 0.3) is 0 Å². The van der Waals surface area contributed by atoms with Crippen LogP contribution in [0.15, 0.2) is 48.5 Å². The summed E-state index contributed by atoms with van der Waals surface area (Å²) in [5.41, 5.74) is 6.09. The van der Waals surface area contributed by atoms with Crippen LogP contribution in [0.1, 0.15) is 5.56 Å². The third-order valence-corrected chi connectivity index (χ3v) is 3.15. The summed E-state index contributed by atoms with van der Waals surface area (Å²) in [6, 6.07) is 15.2. The van der Waals surface area contributed by atoms with Crippen LogP contribution < -0.4 is 14.7 Å². The molecule has 0 fully saturated rings. The summed E-state index contributed by atoms with van der Waals surface area (Å²) in [7, 11) is 0. The van der Waals surface area contributed by atoms with Gasteiger partial charge in [0.2, 0.25) is 11.1 Å². The predicted molar refractivity (Wildman–Crippen MR) is 79.3 cm³/mol. The maximum atomic E-state index is 10.9. The molecule has 0 aliphatic heterocycles. The second kappa shape index (κ2) is 7.07. The third kappa shape index (κ3) is 4.68. The quantitative estimate of drug-likeness (QED) is 0.884. The molecule has 0 saturated carbocycles. The highest BCUT2D eigenvalue weighted by atomic mass is 32.2. The molecular formula is C15H18NO3S+. The first-order valence-corrected chi connectivity index (χ1v) is 7.77. The molecule has 1 unspecified atom stereocenters. The summed E-state index contributed by atoms with van der Waals surface area (Å²) < 4.78 is 21.6. The number of quaternary nitrogens is 1. The van der Waals surface area contributed by atoms with Gasteiger partial charge in [-0.1, -0.05) is 12.1 Å². The van der Waals surface area contributed by atoms with Crippen molar-refractivity contribution in [1.82, 2.24) is 0 Å². The molecule has 4 nitrogen and oxygen atoms in total. The molecule has 5 heteroatoms. The Labute approximate surface area is 121 Å². The number of ether oxygens (including phenoxy) is 1. The summed E-state index contributed by atoms with van der Waals surface area (Å²) in [6.45, 7) is 0.608. The molecule has 2 aromatic carbocycles. The molecule has 0 aromatic heterocycles. The lowest BCUT2D eigenvalue weighted by Gasteiger charge is -2.07. The van der Waals surface area contributed by atoms with Crippen LogP contribution in [-0.4, -0.2) is 17.1 Å². The van der Waals surface area contributed by atoms with Gasteiger partial charge in [0.25, 0.3) is 0 Å². The number of hydrogen-bond acceptors (Lipinski definition) is 3. The smallest absolute Gasteiger partial charge is 0.203 e. The van der Waals surface area contributed by atoms with E-state index in [1.165, 1.54) is 11.8 Å². The Bertz CT molecular complexity index is 567. The highest BCUT2D eigenvalue weighted by molar-refractivity contribution is 7.79. The maximum Gasteiger partial charge on any atom is 0.203 e. The average Bonchev–Trinajstić information content (AvgIpc) is 2.42. The summed E-state index contributed by atoms with van der Waals surface area (Å²) in [5, 5.41) is 0. The minimum atomic E-state index is -1.30. The summed E-state index contributed by atoms with van der Waals surface area (Å²) in [5.74, 6) is 1.34. The first-order valence-electron chi connectivity index (χ1n) is 6.29. The van der Waals surface area contributed by atoms with E-state index in [1.54, 1.807) is 24.3 Å². The molecule has 106 valence electrons. The van der Waals surface area contributed by atoms with E-state index in [-0.39, 0.29) is 0 Å². The lowest BCUT2D eigenvalue weighted by atomic mass is 10.1. The molecule has 0 heterocycles. The van der Waals surface area contributed by atoms with Gasteiger partial charge in [0.1, 0.15) is 17.2 Å². The highest BCUT2D eigenvalue weighted by Gasteiger charge is 1.99. The number of benzene rings is 2. The fourth-order valence-electron chi connectivity index (χ4n) is 1.72. The molecule has 0 bridgehead atoms. The summed E-state index contributed by atoms with van der Waals surface area (Å²) in [4.78, 5) is 0. The van der Waals surface area contributed by atoms with Gasteiger partial charge in [-0.3, -0.25) is 0 Å². The van der Waals surface area contributed by atoms with E-state index >= 15 is 0 Å². The lowest BCUT2D eigenvalue weighted by molar-refractivity contribution is -0.254. The molecule has 2 rings (SSSR count). The number of hydrogen-bond donors (Lipinski definition) is 1. The van der Waals surface area contributed by atoms with E-state index in [9.17, 15) is 4.21 Å². The molecule has 0 spiro atoms. The van der Waals surface area contributed by atoms with Gasteiger partial charge in [0.05, 0.1) is 6.61 Å². The van der Waals surface area contributed by atoms with Crippen molar-refractivity contribution in [2.75, 3.05) is 12.9 Å². The molecule has 3 N–H and O–H groups in total. The monoisotopic (exact) mass is 292 g/mol. The molecule has 0 aliphatic carbocycles. The molecule has 0 aliphatic rings. The van der Waals surface area contributed by atoms with Crippen LogP contribution in [0.3, 0.4) is 0 Å². The van der Waals surface area contributed by atoms with Crippen LogP contribution in [0.2, 0.25) is 0 Å². The first-order chi connectivity index (χ1) is 9.63. The Morgan fingerprint density at radius 1 is 1.00 bits per heavy atom. The Kier molecular flexibility index (Phi) is 5.15. The van der Waals surface area contributed by atoms with E-state index in [2.05, 4.69) is 17.9 Å². The zero-order chi connectivity index (χ0) is 14.4. The molecular weight excluding hydrogens is 274 g/mol. The minimum absolute atomic E-state index is 0.573. The molecule has 1 atom stereocenters. The van der Waals surface area contributed by atoms with Crippen LogP contribution in [0.5, 0.6) is 11.5 Å². The van der Waals surface area contributed by atoms with Crippen molar-refractivity contribution in [2.45, 2.75) is 6.42 Å². The highest BCUT2D eigenvalue weighted by Crippen LogP contribution is 2.18. The maximum absolute atomic E-state index is 10.9. The van der Waals surface area contributed by atoms with E-state index in [1.807, 2.05) is 12.1 Å². The fraction of sp³-hybridized carbons (Fsp3) is 0.200. The van der Waals surface area contributed by atoms with E-state index in [0.717, 1.165) is 17.9 Å². The van der Waals surface area contributed by atoms with Gasteiger partial charge >= 0.3 is 0 Å². The molecule has 0 radical (unpaired) electrons. The van der Waals surface area contributed by atoms with Crippen molar-refractivity contribution < 1.29 is 18.9 Å². The van der Waals surface area contributed by atoms with Gasteiger partial charge < -0.3 is 14.7 Å². The Hall–Kier alpha value is -1.85. The van der Waals surface area contributed by atoms with Crippen molar-refractivity contribution in [3.05, 3.63) is 54.1 Å². The predicted octanol–water partition coefficient (Wildman–Crippen LogP) is 1.85. The zero-order valence-electron chi connectivity index (χ0n) is 11.4. The van der Waals surface area contributed by atoms with Gasteiger partial charge in [-0.25, -0.2) is 4.21 Å². The largest absolute Gasteiger partial charge is 0.493 e. The van der Waals surface area contributed by atoms with Crippen molar-refractivity contribution >= 4 is 16.8 Å². The van der Waals surface area contributed by atoms with Gasteiger partial charge in [-0.2, -0.15) is 0 Å². The van der Waals surface area contributed by atoms with E-state index < -0.39 is 11.1 Å². The van der Waals surface area contributed by atoms with Crippen molar-refractivity contribution in [3.8, 4) is 11.5 Å². The summed E-state index contributed by atoms with van der Waals surface area (Å²) in [6.07, 6.45) is 2.33. The average molecular weight is 292 g/mol. The Morgan fingerprint density at radius 3 is 2.20 bits per heavy atom. The minimum Gasteiger partial charge on any atom is -0.493 e. The second-order valence-electron chi connectivity index (χ2n) is 4.37. The Morgan fingerprint density at radius 2 is 1.60 bits per heavy atom. The van der Waals surface area contributed by atoms with Crippen molar-refractivity contribution in [3.63, 3.8) is 0 Å². The van der Waals surface area contributed by atoms with E-state index in [4.69, 9.17) is 8.92 Å². The van der Waals surface area contributed by atoms with Crippen molar-refractivity contribution in [1.29, 1.82) is 0 Å². The van der Waals surface area contributed by atoms with Crippen LogP contribution >= 0.6 is 0 Å². The zero-order valence-corrected chi connectivity index (χ0v) is 12.2. The van der Waals surface area contributed by atoms with Gasteiger partial charge in [0, 0.05) is 12.7 Å². The third-order valence-electron chi connectivity index (χ3n) is 2.72. The fourth-order valence-corrected chi connectivity index (χ4v) is 2.10. The topological polar surface area (TPSA) is 63.2 Å². The van der Waals surface area contributed by atoms with Crippen LogP contribution in [-0.2, 0) is 17.5 Å². The van der Waals surface area contributed by atoms with Gasteiger partial charge in [0.15, 0.2) is 0 Å². The first kappa shape index (κ1) is 14.6. The SMILES string of the molecule is CS(=O)Oc1ccc(OCCc2ccc([NH3+])cc2)cc1. The molecule has 2 aromatic rings. The molecule has 0 amide bonds. The van der Waals surface area contributed by atoms with Crippen LogP contribution in [0.4, 0.5) is 5.69 Å². The normalized spacial score (nSPS) is 11.9. The Balaban J connectivity index is 1.82. The van der Waals surface area contributed by atoms with Crippen LogP contribution in [0, 0.1) is 0 Å². The standard InChI is InChI=1S/C15H17NO3S/c1-20(17)19-15-8-6-14(7-9-15)18-11-10-12-2-4-13(16)5-3-12/h2-9H,10-11,16H2,1H3/p+1. The summed E-state index contributed by atoms with van der Waals surface area (Å²) >= 11 is -1.30. The van der Waals surface area contributed by atoms with Gasteiger partial charge in [-0.05, 0) is 42.0 Å². The molecule has 20 heavy (non-hydrogen) atoms. The molecule has 0 saturated heterocycles.